The van der Waals surface area contributed by atoms with Gasteiger partial charge in [0, 0.05) is 51.4 Å². The summed E-state index contributed by atoms with van der Waals surface area (Å²) < 4.78 is 26.6. The van der Waals surface area contributed by atoms with Crippen LogP contribution < -0.4 is 0 Å². The van der Waals surface area contributed by atoms with E-state index in [-0.39, 0.29) is 5.91 Å². The number of nitrogens with zero attached hydrogens (tertiary/aromatic N) is 3. The van der Waals surface area contributed by atoms with E-state index in [1.807, 2.05) is 11.0 Å². The minimum atomic E-state index is -0.585. The van der Waals surface area contributed by atoms with E-state index in [0.29, 0.717) is 49.9 Å². The molecule has 1 aliphatic rings. The predicted octanol–water partition coefficient (Wildman–Crippen LogP) is 3.25. The molecule has 1 saturated heterocycles. The van der Waals surface area contributed by atoms with Gasteiger partial charge in [0.25, 0.3) is 0 Å². The molecule has 4 nitrogen and oxygen atoms in total. The molecule has 25 heavy (non-hydrogen) atoms. The van der Waals surface area contributed by atoms with Gasteiger partial charge in [-0.2, -0.15) is 0 Å². The molecule has 1 aliphatic heterocycles. The second-order valence-corrected chi connectivity index (χ2v) is 6.50. The Morgan fingerprint density at radius 3 is 2.44 bits per heavy atom. The van der Waals surface area contributed by atoms with Crippen LogP contribution >= 0.6 is 11.6 Å². The van der Waals surface area contributed by atoms with Crippen molar-refractivity contribution in [2.75, 3.05) is 19.6 Å². The molecule has 0 bridgehead atoms. The van der Waals surface area contributed by atoms with E-state index < -0.39 is 11.6 Å². The zero-order chi connectivity index (χ0) is 17.8. The number of pyridine rings is 1. The first kappa shape index (κ1) is 17.8. The molecular weight excluding hydrogens is 348 g/mol. The third-order valence-electron chi connectivity index (χ3n) is 4.17. The minimum Gasteiger partial charge on any atom is -0.337 e. The van der Waals surface area contributed by atoms with Crippen molar-refractivity contribution in [3.63, 3.8) is 0 Å². The Kier molecular flexibility index (Phi) is 5.60. The monoisotopic (exact) mass is 365 g/mol. The standard InChI is InChI=1S/C18H18ClF2N3O/c19-17-2-1-13(10-22-17)12-24-6-5-23(4-3-18(24)25)11-14-7-15(20)9-16(21)8-14/h1-2,7-10H,3-6,11-12H2. The summed E-state index contributed by atoms with van der Waals surface area (Å²) in [5.74, 6) is -1.11. The Hall–Kier alpha value is -2.05. The quantitative estimate of drug-likeness (QED) is 0.780. The van der Waals surface area contributed by atoms with Crippen LogP contribution in [0, 0.1) is 11.6 Å². The van der Waals surface area contributed by atoms with Crippen molar-refractivity contribution in [2.24, 2.45) is 0 Å². The molecule has 1 amide bonds. The van der Waals surface area contributed by atoms with Crippen LogP contribution in [0.2, 0.25) is 5.15 Å². The molecule has 1 aromatic carbocycles. The summed E-state index contributed by atoms with van der Waals surface area (Å²) in [5, 5.41) is 0.416. The number of benzene rings is 1. The maximum Gasteiger partial charge on any atom is 0.224 e. The van der Waals surface area contributed by atoms with Crippen molar-refractivity contribution in [2.45, 2.75) is 19.5 Å². The zero-order valence-corrected chi connectivity index (χ0v) is 14.3. The fourth-order valence-corrected chi connectivity index (χ4v) is 3.03. The smallest absolute Gasteiger partial charge is 0.224 e. The minimum absolute atomic E-state index is 0.0582. The van der Waals surface area contributed by atoms with Gasteiger partial charge in [-0.3, -0.25) is 9.69 Å². The molecule has 0 saturated carbocycles. The van der Waals surface area contributed by atoms with Crippen molar-refractivity contribution in [3.05, 3.63) is 64.4 Å². The summed E-state index contributed by atoms with van der Waals surface area (Å²) in [7, 11) is 0. The molecule has 2 heterocycles. The van der Waals surface area contributed by atoms with Crippen LogP contribution in [0.25, 0.3) is 0 Å². The molecule has 1 fully saturated rings. The number of hydrogen-bond donors (Lipinski definition) is 0. The normalized spacial score (nSPS) is 16.1. The van der Waals surface area contributed by atoms with Crippen LogP contribution in [0.1, 0.15) is 17.5 Å². The maximum atomic E-state index is 13.3. The van der Waals surface area contributed by atoms with Crippen LogP contribution in [-0.2, 0) is 17.9 Å². The van der Waals surface area contributed by atoms with Gasteiger partial charge in [0.15, 0.2) is 0 Å². The first-order valence-electron chi connectivity index (χ1n) is 8.05. The second-order valence-electron chi connectivity index (χ2n) is 6.11. The highest BCUT2D eigenvalue weighted by Gasteiger charge is 2.21. The first-order chi connectivity index (χ1) is 12.0. The predicted molar refractivity (Wildman–Crippen MR) is 90.9 cm³/mol. The average Bonchev–Trinajstić information content (AvgIpc) is 2.72. The van der Waals surface area contributed by atoms with Crippen molar-refractivity contribution in [3.8, 4) is 0 Å². The summed E-state index contributed by atoms with van der Waals surface area (Å²) in [5.41, 5.74) is 1.48. The third kappa shape index (κ3) is 4.96. The SMILES string of the molecule is O=C1CCN(Cc2cc(F)cc(F)c2)CCN1Cc1ccc(Cl)nc1. The van der Waals surface area contributed by atoms with Gasteiger partial charge < -0.3 is 4.90 Å². The first-order valence-corrected chi connectivity index (χ1v) is 8.43. The zero-order valence-electron chi connectivity index (χ0n) is 13.6. The van der Waals surface area contributed by atoms with Gasteiger partial charge in [0.2, 0.25) is 5.91 Å². The Morgan fingerprint density at radius 2 is 1.76 bits per heavy atom. The van der Waals surface area contributed by atoms with Gasteiger partial charge in [-0.25, -0.2) is 13.8 Å². The molecule has 0 aliphatic carbocycles. The molecule has 1 aromatic heterocycles. The summed E-state index contributed by atoms with van der Waals surface area (Å²) in [6.45, 7) is 2.65. The number of hydrogen-bond acceptors (Lipinski definition) is 3. The van der Waals surface area contributed by atoms with Crippen LogP contribution in [0.15, 0.2) is 36.5 Å². The summed E-state index contributed by atoms with van der Waals surface area (Å²) in [6.07, 6.45) is 2.03. The molecule has 7 heteroatoms. The fraction of sp³-hybridized carbons (Fsp3) is 0.333. The highest BCUT2D eigenvalue weighted by Crippen LogP contribution is 2.15. The third-order valence-corrected chi connectivity index (χ3v) is 4.39. The van der Waals surface area contributed by atoms with E-state index in [1.54, 1.807) is 17.2 Å². The summed E-state index contributed by atoms with van der Waals surface area (Å²) >= 11 is 5.78. The number of rotatable bonds is 4. The maximum absolute atomic E-state index is 13.3. The highest BCUT2D eigenvalue weighted by molar-refractivity contribution is 6.29. The van der Waals surface area contributed by atoms with Gasteiger partial charge in [0.05, 0.1) is 0 Å². The van der Waals surface area contributed by atoms with E-state index in [9.17, 15) is 13.6 Å². The van der Waals surface area contributed by atoms with Crippen molar-refractivity contribution < 1.29 is 13.6 Å². The van der Waals surface area contributed by atoms with E-state index in [1.165, 1.54) is 12.1 Å². The molecule has 132 valence electrons. The lowest BCUT2D eigenvalue weighted by atomic mass is 10.2. The Balaban J connectivity index is 1.62. The molecule has 2 aromatic rings. The van der Waals surface area contributed by atoms with E-state index >= 15 is 0 Å². The van der Waals surface area contributed by atoms with Crippen molar-refractivity contribution >= 4 is 17.5 Å². The van der Waals surface area contributed by atoms with E-state index in [0.717, 1.165) is 11.6 Å². The lowest BCUT2D eigenvalue weighted by Crippen LogP contribution is -2.32. The van der Waals surface area contributed by atoms with Gasteiger partial charge in [0.1, 0.15) is 16.8 Å². The van der Waals surface area contributed by atoms with Gasteiger partial charge >= 0.3 is 0 Å². The molecule has 0 spiro atoms. The number of carbonyl (C=O) groups is 1. The van der Waals surface area contributed by atoms with Gasteiger partial charge in [-0.05, 0) is 29.3 Å². The average molecular weight is 366 g/mol. The van der Waals surface area contributed by atoms with E-state index in [4.69, 9.17) is 11.6 Å². The molecule has 0 N–H and O–H groups in total. The number of aromatic nitrogens is 1. The number of halogens is 3. The van der Waals surface area contributed by atoms with Gasteiger partial charge in [-0.1, -0.05) is 17.7 Å². The largest absolute Gasteiger partial charge is 0.337 e. The van der Waals surface area contributed by atoms with E-state index in [2.05, 4.69) is 4.98 Å². The highest BCUT2D eigenvalue weighted by atomic mass is 35.5. The van der Waals surface area contributed by atoms with Crippen molar-refractivity contribution in [1.29, 1.82) is 0 Å². The fourth-order valence-electron chi connectivity index (χ4n) is 2.92. The lowest BCUT2D eigenvalue weighted by Gasteiger charge is -2.22. The van der Waals surface area contributed by atoms with Crippen LogP contribution in [0.4, 0.5) is 8.78 Å². The van der Waals surface area contributed by atoms with Crippen LogP contribution in [-0.4, -0.2) is 40.3 Å². The summed E-state index contributed by atoms with van der Waals surface area (Å²) in [6, 6.07) is 7.06. The lowest BCUT2D eigenvalue weighted by molar-refractivity contribution is -0.130. The Labute approximate surface area is 150 Å². The molecule has 0 unspecified atom stereocenters. The van der Waals surface area contributed by atoms with Crippen LogP contribution in [0.3, 0.4) is 0 Å². The van der Waals surface area contributed by atoms with Crippen LogP contribution in [0.5, 0.6) is 0 Å². The molecule has 3 rings (SSSR count). The van der Waals surface area contributed by atoms with Gasteiger partial charge in [-0.15, -0.1) is 0 Å². The number of amides is 1. The topological polar surface area (TPSA) is 36.4 Å². The summed E-state index contributed by atoms with van der Waals surface area (Å²) in [4.78, 5) is 20.2. The second kappa shape index (κ2) is 7.89. The molecule has 0 atom stereocenters. The number of carbonyl (C=O) groups excluding carboxylic acids is 1. The Bertz CT molecular complexity index is 734. The Morgan fingerprint density at radius 1 is 1.00 bits per heavy atom. The van der Waals surface area contributed by atoms with Crippen molar-refractivity contribution in [1.82, 2.24) is 14.8 Å². The molecular formula is C18H18ClF2N3O. The molecule has 0 radical (unpaired) electrons.